The zero-order chi connectivity index (χ0) is 17.1. The van der Waals surface area contributed by atoms with Crippen LogP contribution in [-0.4, -0.2) is 9.55 Å². The van der Waals surface area contributed by atoms with Crippen LogP contribution < -0.4 is 0 Å². The summed E-state index contributed by atoms with van der Waals surface area (Å²) in [7, 11) is 0. The molecule has 0 aliphatic carbocycles. The number of nitrogens with zero attached hydrogens (tertiary/aromatic N) is 3. The molecule has 2 heterocycles. The van der Waals surface area contributed by atoms with E-state index in [0.717, 1.165) is 28.9 Å². The van der Waals surface area contributed by atoms with E-state index in [1.54, 1.807) is 17.5 Å². The lowest BCUT2D eigenvalue weighted by Gasteiger charge is -2.09. The zero-order valence-corrected chi connectivity index (χ0v) is 15.1. The smallest absolute Gasteiger partial charge is 0.105 e. The summed E-state index contributed by atoms with van der Waals surface area (Å²) in [6.07, 6.45) is 4.84. The second-order valence-electron chi connectivity index (χ2n) is 6.49. The molecule has 24 heavy (non-hydrogen) atoms. The molecule has 1 aromatic carbocycles. The SMILES string of the molecule is Cc1nccn1Cc1ccc(-c2csc(CC(C)C)c2)cc1C#N. The Morgan fingerprint density at radius 3 is 2.75 bits per heavy atom. The van der Waals surface area contributed by atoms with E-state index < -0.39 is 0 Å². The Balaban J connectivity index is 1.88. The van der Waals surface area contributed by atoms with Gasteiger partial charge in [0.1, 0.15) is 5.82 Å². The van der Waals surface area contributed by atoms with Crippen molar-refractivity contribution in [2.75, 3.05) is 0 Å². The van der Waals surface area contributed by atoms with Gasteiger partial charge in [-0.05, 0) is 53.5 Å². The van der Waals surface area contributed by atoms with Crippen molar-refractivity contribution in [3.05, 3.63) is 63.9 Å². The quantitative estimate of drug-likeness (QED) is 0.655. The van der Waals surface area contributed by atoms with Crippen molar-refractivity contribution in [3.63, 3.8) is 0 Å². The summed E-state index contributed by atoms with van der Waals surface area (Å²) in [5.41, 5.74) is 4.08. The van der Waals surface area contributed by atoms with Crippen LogP contribution in [0.1, 0.15) is 35.7 Å². The highest BCUT2D eigenvalue weighted by atomic mass is 32.1. The van der Waals surface area contributed by atoms with Gasteiger partial charge in [0, 0.05) is 17.3 Å². The summed E-state index contributed by atoms with van der Waals surface area (Å²) in [6.45, 7) is 7.12. The minimum Gasteiger partial charge on any atom is -0.331 e. The minimum atomic E-state index is 0.659. The van der Waals surface area contributed by atoms with Gasteiger partial charge in [0.15, 0.2) is 0 Å². The fraction of sp³-hybridized carbons (Fsp3) is 0.300. The van der Waals surface area contributed by atoms with Crippen molar-refractivity contribution in [3.8, 4) is 17.2 Å². The molecule has 0 unspecified atom stereocenters. The maximum Gasteiger partial charge on any atom is 0.105 e. The Kier molecular flexibility index (Phi) is 4.82. The van der Waals surface area contributed by atoms with Gasteiger partial charge in [-0.15, -0.1) is 11.3 Å². The topological polar surface area (TPSA) is 41.6 Å². The molecule has 0 saturated carbocycles. The number of thiophene rings is 1. The minimum absolute atomic E-state index is 0.659. The van der Waals surface area contributed by atoms with Crippen molar-refractivity contribution in [1.82, 2.24) is 9.55 Å². The van der Waals surface area contributed by atoms with Gasteiger partial charge in [0.2, 0.25) is 0 Å². The van der Waals surface area contributed by atoms with Crippen molar-refractivity contribution < 1.29 is 0 Å². The molecule has 2 aromatic heterocycles. The molecular weight excluding hydrogens is 314 g/mol. The third-order valence-electron chi connectivity index (χ3n) is 4.09. The first-order valence-electron chi connectivity index (χ1n) is 8.15. The van der Waals surface area contributed by atoms with E-state index in [0.29, 0.717) is 12.5 Å². The molecule has 0 spiro atoms. The van der Waals surface area contributed by atoms with Crippen LogP contribution in [0.25, 0.3) is 11.1 Å². The highest BCUT2D eigenvalue weighted by Gasteiger charge is 2.09. The summed E-state index contributed by atoms with van der Waals surface area (Å²) in [5, 5.41) is 11.7. The largest absolute Gasteiger partial charge is 0.331 e. The first kappa shape index (κ1) is 16.5. The Labute approximate surface area is 147 Å². The van der Waals surface area contributed by atoms with Crippen LogP contribution in [0.3, 0.4) is 0 Å². The predicted molar refractivity (Wildman–Crippen MR) is 99.1 cm³/mol. The predicted octanol–water partition coefficient (Wildman–Crippen LogP) is 5.04. The average molecular weight is 335 g/mol. The monoisotopic (exact) mass is 335 g/mol. The van der Waals surface area contributed by atoms with Gasteiger partial charge in [-0.1, -0.05) is 26.0 Å². The zero-order valence-electron chi connectivity index (χ0n) is 14.3. The van der Waals surface area contributed by atoms with Crippen LogP contribution >= 0.6 is 11.3 Å². The van der Waals surface area contributed by atoms with Gasteiger partial charge in [-0.2, -0.15) is 5.26 Å². The number of aryl methyl sites for hydroxylation is 1. The van der Waals surface area contributed by atoms with E-state index in [2.05, 4.69) is 53.0 Å². The molecule has 4 heteroatoms. The van der Waals surface area contributed by atoms with Crippen molar-refractivity contribution >= 4 is 11.3 Å². The number of benzene rings is 1. The van der Waals surface area contributed by atoms with E-state index in [-0.39, 0.29) is 0 Å². The first-order chi connectivity index (χ1) is 11.6. The molecule has 0 aliphatic heterocycles. The summed E-state index contributed by atoms with van der Waals surface area (Å²) >= 11 is 1.80. The van der Waals surface area contributed by atoms with E-state index in [1.807, 2.05) is 19.2 Å². The molecular formula is C20H21N3S. The number of rotatable bonds is 5. The number of imidazole rings is 1. The van der Waals surface area contributed by atoms with E-state index >= 15 is 0 Å². The first-order valence-corrected chi connectivity index (χ1v) is 9.03. The van der Waals surface area contributed by atoms with Gasteiger partial charge in [0.25, 0.3) is 0 Å². The number of hydrogen-bond donors (Lipinski definition) is 0. The average Bonchev–Trinajstić information content (AvgIpc) is 3.17. The molecule has 0 bridgehead atoms. The number of hydrogen-bond acceptors (Lipinski definition) is 3. The summed E-state index contributed by atoms with van der Waals surface area (Å²) in [6, 6.07) is 10.8. The maximum absolute atomic E-state index is 9.54. The van der Waals surface area contributed by atoms with E-state index in [4.69, 9.17) is 0 Å². The van der Waals surface area contributed by atoms with Crippen LogP contribution in [0.2, 0.25) is 0 Å². The van der Waals surface area contributed by atoms with Crippen LogP contribution in [-0.2, 0) is 13.0 Å². The van der Waals surface area contributed by atoms with Gasteiger partial charge in [0.05, 0.1) is 18.2 Å². The van der Waals surface area contributed by atoms with Gasteiger partial charge in [-0.3, -0.25) is 0 Å². The fourth-order valence-corrected chi connectivity index (χ4v) is 3.90. The van der Waals surface area contributed by atoms with Crippen LogP contribution in [0.15, 0.2) is 42.0 Å². The Morgan fingerprint density at radius 1 is 1.25 bits per heavy atom. The number of nitriles is 1. The number of aromatic nitrogens is 2. The molecule has 0 aliphatic rings. The molecule has 3 aromatic rings. The molecule has 0 saturated heterocycles. The Bertz CT molecular complexity index is 880. The van der Waals surface area contributed by atoms with Crippen molar-refractivity contribution in [2.45, 2.75) is 33.7 Å². The maximum atomic E-state index is 9.54. The lowest BCUT2D eigenvalue weighted by molar-refractivity contribution is 0.654. The molecule has 0 fully saturated rings. The molecule has 0 atom stereocenters. The summed E-state index contributed by atoms with van der Waals surface area (Å²) in [4.78, 5) is 5.64. The van der Waals surface area contributed by atoms with Crippen molar-refractivity contribution in [1.29, 1.82) is 5.26 Å². The molecule has 0 amide bonds. The fourth-order valence-electron chi connectivity index (χ4n) is 2.79. The summed E-state index contributed by atoms with van der Waals surface area (Å²) < 4.78 is 2.06. The normalized spacial score (nSPS) is 11.0. The van der Waals surface area contributed by atoms with E-state index in [9.17, 15) is 5.26 Å². The second kappa shape index (κ2) is 7.02. The lowest BCUT2D eigenvalue weighted by Crippen LogP contribution is -2.02. The van der Waals surface area contributed by atoms with Crippen molar-refractivity contribution in [2.24, 2.45) is 5.92 Å². The lowest BCUT2D eigenvalue weighted by atomic mass is 10.0. The van der Waals surface area contributed by atoms with Gasteiger partial charge in [-0.25, -0.2) is 4.98 Å². The van der Waals surface area contributed by atoms with Gasteiger partial charge < -0.3 is 4.57 Å². The molecule has 3 rings (SSSR count). The molecule has 0 radical (unpaired) electrons. The third kappa shape index (κ3) is 3.58. The van der Waals surface area contributed by atoms with Gasteiger partial charge >= 0.3 is 0 Å². The molecule has 3 nitrogen and oxygen atoms in total. The van der Waals surface area contributed by atoms with Crippen LogP contribution in [0.5, 0.6) is 0 Å². The highest BCUT2D eigenvalue weighted by molar-refractivity contribution is 7.10. The van der Waals surface area contributed by atoms with Crippen LogP contribution in [0.4, 0.5) is 0 Å². The molecule has 0 N–H and O–H groups in total. The van der Waals surface area contributed by atoms with Crippen LogP contribution in [0, 0.1) is 24.2 Å². The Hall–Kier alpha value is -2.38. The Morgan fingerprint density at radius 2 is 2.08 bits per heavy atom. The second-order valence-corrected chi connectivity index (χ2v) is 7.48. The third-order valence-corrected chi connectivity index (χ3v) is 5.05. The highest BCUT2D eigenvalue weighted by Crippen LogP contribution is 2.29. The van der Waals surface area contributed by atoms with E-state index in [1.165, 1.54) is 10.4 Å². The molecule has 122 valence electrons. The summed E-state index contributed by atoms with van der Waals surface area (Å²) in [5.74, 6) is 1.62. The standard InChI is InChI=1S/C20H21N3S/c1-14(2)8-20-10-19(13-24-20)16-4-5-17(18(9-16)11-21)12-23-7-6-22-15(23)3/h4-7,9-10,13-14H,8,12H2,1-3H3.